The van der Waals surface area contributed by atoms with Crippen LogP contribution in [-0.4, -0.2) is 81.0 Å². The Hall–Kier alpha value is -4.43. The summed E-state index contributed by atoms with van der Waals surface area (Å²) in [6.07, 6.45) is 3.67. The molecule has 3 amide bonds. The molecule has 0 radical (unpaired) electrons. The molecule has 2 saturated heterocycles. The van der Waals surface area contributed by atoms with E-state index in [-0.39, 0.29) is 49.8 Å². The molecule has 14 heteroatoms. The smallest absolute Gasteiger partial charge is 0.446 e. The molecule has 4 aliphatic rings. The van der Waals surface area contributed by atoms with Gasteiger partial charge in [0.05, 0.1) is 36.0 Å². The van der Waals surface area contributed by atoms with Crippen LogP contribution in [0.1, 0.15) is 96.6 Å². The molecule has 3 atom stereocenters. The number of aromatic nitrogens is 2. The van der Waals surface area contributed by atoms with E-state index in [4.69, 9.17) is 23.8 Å². The Morgan fingerprint density at radius 3 is 2.34 bits per heavy atom. The summed E-state index contributed by atoms with van der Waals surface area (Å²) in [5.41, 5.74) is 2.72. The number of aromatic amines is 1. The molecule has 0 unspecified atom stereocenters. The topological polar surface area (TPSA) is 135 Å². The minimum atomic E-state index is -0.881. The summed E-state index contributed by atoms with van der Waals surface area (Å²) >= 11 is 0. The van der Waals surface area contributed by atoms with Crippen LogP contribution in [0.5, 0.6) is 0 Å². The third-order valence-electron chi connectivity index (χ3n) is 11.4. The summed E-state index contributed by atoms with van der Waals surface area (Å²) in [7, 11) is -0.492. The Labute approximate surface area is 310 Å². The SMILES string of the molecule is CC(C)[C@H](NC(=O)OC1CCCC1)C(=O)N1C[C@H](OC(=O)N2Cc3cccc(F)c3C2)C[C@H]1c1nc(-c2ccc(B3OC(C)(C)C(C)(C)O3)cc2)c[nH]1. The van der Waals surface area contributed by atoms with Crippen LogP contribution in [0.25, 0.3) is 11.3 Å². The number of imidazole rings is 1. The van der Waals surface area contributed by atoms with Crippen LogP contribution < -0.4 is 10.8 Å². The fourth-order valence-corrected chi connectivity index (χ4v) is 7.57. The molecule has 0 spiro atoms. The van der Waals surface area contributed by atoms with Crippen LogP contribution >= 0.6 is 0 Å². The fraction of sp³-hybridized carbons (Fsp3) is 0.538. The van der Waals surface area contributed by atoms with Gasteiger partial charge in [0.15, 0.2) is 0 Å². The maximum Gasteiger partial charge on any atom is 0.494 e. The maximum absolute atomic E-state index is 14.4. The molecular weight excluding hydrogens is 680 g/mol. The minimum Gasteiger partial charge on any atom is -0.446 e. The van der Waals surface area contributed by atoms with E-state index in [1.54, 1.807) is 23.2 Å². The highest BCUT2D eigenvalue weighted by Gasteiger charge is 2.51. The van der Waals surface area contributed by atoms with Crippen LogP contribution in [0.2, 0.25) is 0 Å². The van der Waals surface area contributed by atoms with E-state index in [0.29, 0.717) is 17.1 Å². The number of rotatable bonds is 8. The van der Waals surface area contributed by atoms with Crippen LogP contribution in [0.15, 0.2) is 48.7 Å². The van der Waals surface area contributed by atoms with Crippen molar-refractivity contribution in [1.82, 2.24) is 25.1 Å². The van der Waals surface area contributed by atoms with E-state index in [2.05, 4.69) is 10.3 Å². The van der Waals surface area contributed by atoms with Crippen LogP contribution in [0, 0.1) is 11.7 Å². The fourth-order valence-electron chi connectivity index (χ4n) is 7.57. The van der Waals surface area contributed by atoms with E-state index in [1.165, 1.54) is 11.0 Å². The lowest BCUT2D eigenvalue weighted by Crippen LogP contribution is -2.52. The number of ether oxygens (including phenoxy) is 2. The third kappa shape index (κ3) is 7.53. The van der Waals surface area contributed by atoms with Crippen molar-refractivity contribution < 1.29 is 37.6 Å². The number of nitrogens with zero attached hydrogens (tertiary/aromatic N) is 3. The zero-order valence-electron chi connectivity index (χ0n) is 31.3. The summed E-state index contributed by atoms with van der Waals surface area (Å²) in [5.74, 6) is -0.417. The molecule has 2 aromatic carbocycles. The molecular formula is C39H49BFN5O7. The predicted molar refractivity (Wildman–Crippen MR) is 195 cm³/mol. The van der Waals surface area contributed by atoms with Gasteiger partial charge < -0.3 is 34.0 Å². The zero-order chi connectivity index (χ0) is 37.7. The number of H-pyrrole nitrogens is 1. The van der Waals surface area contributed by atoms with Gasteiger partial charge in [-0.2, -0.15) is 0 Å². The Morgan fingerprint density at radius 1 is 0.981 bits per heavy atom. The summed E-state index contributed by atoms with van der Waals surface area (Å²) in [6.45, 7) is 12.2. The highest BCUT2D eigenvalue weighted by Crippen LogP contribution is 2.38. The molecule has 1 saturated carbocycles. The number of benzene rings is 2. The first kappa shape index (κ1) is 36.9. The number of fused-ring (bicyclic) bond motifs is 1. The molecule has 12 nitrogen and oxygen atoms in total. The van der Waals surface area contributed by atoms with Gasteiger partial charge in [0.25, 0.3) is 0 Å². The molecule has 1 aromatic heterocycles. The largest absolute Gasteiger partial charge is 0.494 e. The van der Waals surface area contributed by atoms with E-state index in [1.807, 2.05) is 65.8 Å². The number of halogens is 1. The minimum absolute atomic E-state index is 0.0891. The number of amides is 3. The number of carbonyl (C=O) groups excluding carboxylic acids is 3. The highest BCUT2D eigenvalue weighted by atomic mass is 19.1. The van der Waals surface area contributed by atoms with Crippen molar-refractivity contribution in [2.75, 3.05) is 6.54 Å². The lowest BCUT2D eigenvalue weighted by atomic mass is 9.79. The average Bonchev–Trinajstić information content (AvgIpc) is 3.95. The highest BCUT2D eigenvalue weighted by molar-refractivity contribution is 6.62. The van der Waals surface area contributed by atoms with Crippen molar-refractivity contribution in [2.24, 2.45) is 5.92 Å². The number of carbonyl (C=O) groups is 3. The standard InChI is InChI=1S/C39H49BFN5O7/c1-23(2)33(44-36(48)50-27-11-7-8-12-27)35(47)46-21-28(51-37(49)45-20-25-10-9-13-30(41)29(25)22-45)18-32(46)34-42-19-31(43-34)24-14-16-26(17-15-24)40-52-38(3,4)39(5,6)53-40/h9-10,13-17,19,23,27-28,32-33H,7-8,11-12,18,20-22H2,1-6H3,(H,42,43)(H,44,48)/t28-,32+,33+/m1/s1. The average molecular weight is 730 g/mol. The van der Waals surface area contributed by atoms with Gasteiger partial charge >= 0.3 is 19.3 Å². The molecule has 53 heavy (non-hydrogen) atoms. The molecule has 282 valence electrons. The first-order valence-electron chi connectivity index (χ1n) is 18.7. The van der Waals surface area contributed by atoms with E-state index in [9.17, 15) is 18.8 Å². The van der Waals surface area contributed by atoms with Crippen molar-refractivity contribution in [3.05, 3.63) is 71.4 Å². The summed E-state index contributed by atoms with van der Waals surface area (Å²) < 4.78 is 38.5. The molecule has 3 fully saturated rings. The third-order valence-corrected chi connectivity index (χ3v) is 11.4. The molecule has 7 rings (SSSR count). The Kier molecular flexibility index (Phi) is 10.0. The Balaban J connectivity index is 1.09. The molecule has 1 aliphatic carbocycles. The van der Waals surface area contributed by atoms with Gasteiger partial charge in [0.2, 0.25) is 5.91 Å². The van der Waals surface area contributed by atoms with Gasteiger partial charge in [-0.1, -0.05) is 50.2 Å². The van der Waals surface area contributed by atoms with Crippen molar-refractivity contribution in [2.45, 2.75) is 122 Å². The number of alkyl carbamates (subject to hydrolysis) is 1. The second-order valence-corrected chi connectivity index (χ2v) is 16.0. The number of hydrogen-bond donors (Lipinski definition) is 2. The quantitative estimate of drug-likeness (QED) is 0.270. The van der Waals surface area contributed by atoms with Crippen molar-refractivity contribution in [3.63, 3.8) is 0 Å². The first-order valence-corrected chi connectivity index (χ1v) is 18.7. The number of nitrogens with one attached hydrogen (secondary N) is 2. The van der Waals surface area contributed by atoms with Gasteiger partial charge in [-0.05, 0) is 76.4 Å². The number of hydrogen-bond acceptors (Lipinski definition) is 8. The second-order valence-electron chi connectivity index (χ2n) is 16.0. The zero-order valence-corrected chi connectivity index (χ0v) is 31.3. The van der Waals surface area contributed by atoms with Gasteiger partial charge in [-0.3, -0.25) is 9.69 Å². The first-order chi connectivity index (χ1) is 25.2. The summed E-state index contributed by atoms with van der Waals surface area (Å²) in [4.78, 5) is 52.0. The summed E-state index contributed by atoms with van der Waals surface area (Å²) in [5, 5.41) is 2.82. The van der Waals surface area contributed by atoms with Crippen LogP contribution in [0.3, 0.4) is 0 Å². The molecule has 3 aromatic rings. The molecule has 2 N–H and O–H groups in total. The second kappa shape index (κ2) is 14.4. The van der Waals surface area contributed by atoms with Crippen molar-refractivity contribution in [1.29, 1.82) is 0 Å². The van der Waals surface area contributed by atoms with Crippen LogP contribution in [-0.2, 0) is 36.7 Å². The van der Waals surface area contributed by atoms with E-state index in [0.717, 1.165) is 42.3 Å². The predicted octanol–water partition coefficient (Wildman–Crippen LogP) is 6.00. The Morgan fingerprint density at radius 2 is 1.68 bits per heavy atom. The lowest BCUT2D eigenvalue weighted by molar-refractivity contribution is -0.136. The molecule has 4 heterocycles. The van der Waals surface area contributed by atoms with Gasteiger partial charge in [0, 0.05) is 30.3 Å². The monoisotopic (exact) mass is 729 g/mol. The lowest BCUT2D eigenvalue weighted by Gasteiger charge is -2.32. The Bertz CT molecular complexity index is 1830. The summed E-state index contributed by atoms with van der Waals surface area (Å²) in [6, 6.07) is 11.2. The van der Waals surface area contributed by atoms with Crippen LogP contribution in [0.4, 0.5) is 14.0 Å². The van der Waals surface area contributed by atoms with E-state index >= 15 is 0 Å². The van der Waals surface area contributed by atoms with E-state index < -0.39 is 48.7 Å². The number of likely N-dealkylation sites (tertiary alicyclic amines) is 1. The van der Waals surface area contributed by atoms with Gasteiger partial charge in [-0.15, -0.1) is 0 Å². The molecule has 3 aliphatic heterocycles. The van der Waals surface area contributed by atoms with Gasteiger partial charge in [-0.25, -0.2) is 19.0 Å². The molecule has 0 bridgehead atoms. The van der Waals surface area contributed by atoms with Gasteiger partial charge in [0.1, 0.15) is 29.9 Å². The van der Waals surface area contributed by atoms with Crippen molar-refractivity contribution in [3.8, 4) is 11.3 Å². The maximum atomic E-state index is 14.4. The normalized spacial score (nSPS) is 22.7. The van der Waals surface area contributed by atoms with Crippen molar-refractivity contribution >= 4 is 30.7 Å².